The lowest BCUT2D eigenvalue weighted by Crippen LogP contribution is -1.98. The van der Waals surface area contributed by atoms with Crippen molar-refractivity contribution < 1.29 is 0 Å². The molecule has 0 unspecified atom stereocenters. The summed E-state index contributed by atoms with van der Waals surface area (Å²) < 4.78 is 0. The quantitative estimate of drug-likeness (QED) is 0.209. The van der Waals surface area contributed by atoms with Gasteiger partial charge in [0.05, 0.1) is 0 Å². The Morgan fingerprint density at radius 1 is 0.478 bits per heavy atom. The molecule has 0 radical (unpaired) electrons. The first kappa shape index (κ1) is 21.0. The average molecular weight is 323 g/mol. The molecule has 0 amide bonds. The van der Waals surface area contributed by atoms with Crippen LogP contribution < -0.4 is 0 Å². The van der Waals surface area contributed by atoms with Crippen molar-refractivity contribution in [3.05, 3.63) is 0 Å². The van der Waals surface area contributed by atoms with Crippen molar-refractivity contribution in [2.75, 3.05) is 0 Å². The first-order valence-corrected chi connectivity index (χ1v) is 11.4. The maximum absolute atomic E-state index is 2.30. The van der Waals surface area contributed by atoms with Gasteiger partial charge in [-0.1, -0.05) is 142 Å². The summed E-state index contributed by atoms with van der Waals surface area (Å²) in [5.74, 6) is 1.09. The van der Waals surface area contributed by atoms with Crippen LogP contribution >= 0.6 is 0 Å². The molecule has 138 valence electrons. The van der Waals surface area contributed by atoms with E-state index in [0.29, 0.717) is 0 Å². The molecule has 1 aliphatic rings. The van der Waals surface area contributed by atoms with Crippen LogP contribution in [0.1, 0.15) is 142 Å². The van der Waals surface area contributed by atoms with Crippen molar-refractivity contribution in [1.82, 2.24) is 0 Å². The van der Waals surface area contributed by atoms with E-state index in [1.54, 1.807) is 12.8 Å². The fourth-order valence-corrected chi connectivity index (χ4v) is 4.28. The molecule has 0 aliphatic heterocycles. The zero-order chi connectivity index (χ0) is 16.4. The first-order chi connectivity index (χ1) is 11.4. The van der Waals surface area contributed by atoms with Crippen LogP contribution in [0.3, 0.4) is 0 Å². The Hall–Kier alpha value is 0. The molecule has 0 aromatic heterocycles. The highest BCUT2D eigenvalue weighted by atomic mass is 14.2. The van der Waals surface area contributed by atoms with E-state index < -0.39 is 0 Å². The monoisotopic (exact) mass is 322 g/mol. The Labute approximate surface area is 148 Å². The smallest absolute Gasteiger partial charge is 0.0414 e. The van der Waals surface area contributed by atoms with Crippen LogP contribution in [0.4, 0.5) is 0 Å². The molecule has 0 nitrogen and oxygen atoms in total. The topological polar surface area (TPSA) is 0 Å². The van der Waals surface area contributed by atoms with Crippen molar-refractivity contribution in [2.45, 2.75) is 142 Å². The van der Waals surface area contributed by atoms with Crippen molar-refractivity contribution >= 4 is 0 Å². The molecule has 1 fully saturated rings. The van der Waals surface area contributed by atoms with E-state index >= 15 is 0 Å². The minimum absolute atomic E-state index is 1.09. The first-order valence-electron chi connectivity index (χ1n) is 11.4. The van der Waals surface area contributed by atoms with E-state index in [9.17, 15) is 0 Å². The van der Waals surface area contributed by atoms with Gasteiger partial charge in [-0.05, 0) is 5.92 Å². The molecule has 0 spiro atoms. The summed E-state index contributed by atoms with van der Waals surface area (Å²) in [7, 11) is 0. The third-order valence-electron chi connectivity index (χ3n) is 5.94. The van der Waals surface area contributed by atoms with Crippen LogP contribution in [0.2, 0.25) is 0 Å². The van der Waals surface area contributed by atoms with E-state index in [-0.39, 0.29) is 0 Å². The van der Waals surface area contributed by atoms with E-state index in [1.165, 1.54) is 122 Å². The van der Waals surface area contributed by atoms with E-state index in [4.69, 9.17) is 0 Å². The molecule has 0 bridgehead atoms. The number of hydrogen-bond donors (Lipinski definition) is 0. The van der Waals surface area contributed by atoms with Gasteiger partial charge in [0.1, 0.15) is 0 Å². The standard InChI is InChI=1S/C23H46/c1-2-3-4-5-6-7-8-9-10-11-12-13-14-17-20-23-21-18-15-16-19-22-23/h23H,2-22H2,1H3. The second-order valence-electron chi connectivity index (χ2n) is 8.24. The highest BCUT2D eigenvalue weighted by Gasteiger charge is 2.11. The summed E-state index contributed by atoms with van der Waals surface area (Å²) in [6.07, 6.45) is 31.4. The molecule has 0 heteroatoms. The number of unbranched alkanes of at least 4 members (excludes halogenated alkanes) is 13. The molecule has 0 heterocycles. The predicted molar refractivity (Wildman–Crippen MR) is 106 cm³/mol. The van der Waals surface area contributed by atoms with Crippen molar-refractivity contribution in [1.29, 1.82) is 0 Å². The van der Waals surface area contributed by atoms with Gasteiger partial charge in [0.25, 0.3) is 0 Å². The lowest BCUT2D eigenvalue weighted by Gasteiger charge is -2.13. The molecule has 1 rings (SSSR count). The van der Waals surface area contributed by atoms with Gasteiger partial charge in [-0.2, -0.15) is 0 Å². The van der Waals surface area contributed by atoms with E-state index in [1.807, 2.05) is 0 Å². The summed E-state index contributed by atoms with van der Waals surface area (Å²) in [5, 5.41) is 0. The van der Waals surface area contributed by atoms with Gasteiger partial charge in [-0.15, -0.1) is 0 Å². The van der Waals surface area contributed by atoms with Gasteiger partial charge in [0.15, 0.2) is 0 Å². The Morgan fingerprint density at radius 2 is 0.870 bits per heavy atom. The fourth-order valence-electron chi connectivity index (χ4n) is 4.28. The highest BCUT2D eigenvalue weighted by Crippen LogP contribution is 2.27. The Bertz CT molecular complexity index is 212. The number of hydrogen-bond acceptors (Lipinski definition) is 0. The Morgan fingerprint density at radius 3 is 1.30 bits per heavy atom. The zero-order valence-corrected chi connectivity index (χ0v) is 16.4. The molecule has 1 aliphatic carbocycles. The minimum Gasteiger partial charge on any atom is -0.0654 e. The molecule has 0 N–H and O–H groups in total. The zero-order valence-electron chi connectivity index (χ0n) is 16.4. The van der Waals surface area contributed by atoms with Crippen LogP contribution in [-0.2, 0) is 0 Å². The molecular weight excluding hydrogens is 276 g/mol. The molecule has 0 aromatic rings. The lowest BCUT2D eigenvalue weighted by atomic mass is 9.93. The maximum atomic E-state index is 2.30. The van der Waals surface area contributed by atoms with Gasteiger partial charge in [0, 0.05) is 0 Å². The lowest BCUT2D eigenvalue weighted by molar-refractivity contribution is 0.404. The molecular formula is C23H46. The molecule has 0 atom stereocenters. The maximum Gasteiger partial charge on any atom is -0.0414 e. The summed E-state index contributed by atoms with van der Waals surface area (Å²) >= 11 is 0. The summed E-state index contributed by atoms with van der Waals surface area (Å²) in [5.41, 5.74) is 0. The van der Waals surface area contributed by atoms with Gasteiger partial charge >= 0.3 is 0 Å². The molecule has 0 aromatic carbocycles. The molecule has 23 heavy (non-hydrogen) atoms. The van der Waals surface area contributed by atoms with Crippen molar-refractivity contribution in [3.8, 4) is 0 Å². The molecule has 0 saturated heterocycles. The van der Waals surface area contributed by atoms with Crippen LogP contribution in [0.15, 0.2) is 0 Å². The van der Waals surface area contributed by atoms with Gasteiger partial charge in [-0.25, -0.2) is 0 Å². The summed E-state index contributed by atoms with van der Waals surface area (Å²) in [6.45, 7) is 2.30. The predicted octanol–water partition coefficient (Wildman–Crippen LogP) is 8.83. The summed E-state index contributed by atoms with van der Waals surface area (Å²) in [4.78, 5) is 0. The van der Waals surface area contributed by atoms with Crippen LogP contribution in [0.25, 0.3) is 0 Å². The van der Waals surface area contributed by atoms with Crippen LogP contribution in [-0.4, -0.2) is 0 Å². The van der Waals surface area contributed by atoms with Gasteiger partial charge in [-0.3, -0.25) is 0 Å². The average Bonchev–Trinajstić information content (AvgIpc) is 2.84. The third kappa shape index (κ3) is 14.1. The summed E-state index contributed by atoms with van der Waals surface area (Å²) in [6, 6.07) is 0. The van der Waals surface area contributed by atoms with E-state index in [0.717, 1.165) is 5.92 Å². The highest BCUT2D eigenvalue weighted by molar-refractivity contribution is 4.64. The normalized spacial score (nSPS) is 16.6. The third-order valence-corrected chi connectivity index (χ3v) is 5.94. The van der Waals surface area contributed by atoms with Crippen molar-refractivity contribution in [2.24, 2.45) is 5.92 Å². The van der Waals surface area contributed by atoms with E-state index in [2.05, 4.69) is 6.92 Å². The second kappa shape index (κ2) is 16.8. The Kier molecular flexibility index (Phi) is 15.4. The van der Waals surface area contributed by atoms with Gasteiger partial charge < -0.3 is 0 Å². The van der Waals surface area contributed by atoms with Gasteiger partial charge in [0.2, 0.25) is 0 Å². The SMILES string of the molecule is CCCCCCCCCCCCCCCCC1CCCCCC1. The van der Waals surface area contributed by atoms with Crippen LogP contribution in [0.5, 0.6) is 0 Å². The molecule has 1 saturated carbocycles. The fraction of sp³-hybridized carbons (Fsp3) is 1.00. The van der Waals surface area contributed by atoms with Crippen LogP contribution in [0, 0.1) is 5.92 Å². The second-order valence-corrected chi connectivity index (χ2v) is 8.24. The van der Waals surface area contributed by atoms with Crippen molar-refractivity contribution in [3.63, 3.8) is 0 Å². The minimum atomic E-state index is 1.09. The Balaban J connectivity index is 1.71. The largest absolute Gasteiger partial charge is 0.0654 e. The number of rotatable bonds is 15.